The molecule has 1 aliphatic heterocycles. The van der Waals surface area contributed by atoms with Crippen LogP contribution in [0.3, 0.4) is 0 Å². The molecule has 2 aromatic carbocycles. The molecule has 0 fully saturated rings. The van der Waals surface area contributed by atoms with E-state index in [9.17, 15) is 4.79 Å². The summed E-state index contributed by atoms with van der Waals surface area (Å²) in [5, 5.41) is 0. The Balaban J connectivity index is 1.70. The van der Waals surface area contributed by atoms with Crippen molar-refractivity contribution in [2.75, 3.05) is 6.61 Å². The number of ether oxygens (including phenoxy) is 3. The SMILES string of the molecule is O=C(Oc1cccc(I)c1)[C@H]1COc2ccccc2O1. The number of hydrogen-bond donors (Lipinski definition) is 0. The van der Waals surface area contributed by atoms with E-state index in [0.29, 0.717) is 17.2 Å². The van der Waals surface area contributed by atoms with Crippen molar-refractivity contribution in [1.82, 2.24) is 0 Å². The molecular formula is C15H11IO4. The first-order chi connectivity index (χ1) is 9.72. The maximum Gasteiger partial charge on any atom is 0.356 e. The minimum Gasteiger partial charge on any atom is -0.485 e. The molecule has 1 atom stereocenters. The zero-order valence-electron chi connectivity index (χ0n) is 10.4. The van der Waals surface area contributed by atoms with E-state index >= 15 is 0 Å². The van der Waals surface area contributed by atoms with Crippen LogP contribution in [0.5, 0.6) is 17.2 Å². The van der Waals surface area contributed by atoms with Crippen LogP contribution in [-0.4, -0.2) is 18.7 Å². The fraction of sp³-hybridized carbons (Fsp3) is 0.133. The third kappa shape index (κ3) is 2.87. The van der Waals surface area contributed by atoms with Gasteiger partial charge in [0.25, 0.3) is 0 Å². The summed E-state index contributed by atoms with van der Waals surface area (Å²) >= 11 is 2.16. The molecule has 20 heavy (non-hydrogen) atoms. The van der Waals surface area contributed by atoms with Crippen molar-refractivity contribution in [2.24, 2.45) is 0 Å². The molecule has 102 valence electrons. The molecule has 0 radical (unpaired) electrons. The molecule has 5 heteroatoms. The molecule has 1 heterocycles. The standard InChI is InChI=1S/C15H11IO4/c16-10-4-3-5-11(8-10)19-15(17)14-9-18-12-6-1-2-7-13(12)20-14/h1-8,14H,9H2/t14-/m1/s1. The highest BCUT2D eigenvalue weighted by Gasteiger charge is 2.29. The molecule has 0 N–H and O–H groups in total. The first kappa shape index (κ1) is 13.2. The number of fused-ring (bicyclic) bond motifs is 1. The first-order valence-corrected chi connectivity index (χ1v) is 7.16. The zero-order valence-corrected chi connectivity index (χ0v) is 12.6. The van der Waals surface area contributed by atoms with Gasteiger partial charge in [-0.15, -0.1) is 0 Å². The van der Waals surface area contributed by atoms with Crippen LogP contribution in [-0.2, 0) is 4.79 Å². The number of para-hydroxylation sites is 2. The van der Waals surface area contributed by atoms with Gasteiger partial charge in [0.1, 0.15) is 12.4 Å². The van der Waals surface area contributed by atoms with Gasteiger partial charge < -0.3 is 14.2 Å². The topological polar surface area (TPSA) is 44.8 Å². The molecule has 0 amide bonds. The van der Waals surface area contributed by atoms with Crippen LogP contribution in [0, 0.1) is 3.57 Å². The molecule has 3 rings (SSSR count). The summed E-state index contributed by atoms with van der Waals surface area (Å²) in [5.74, 6) is 1.25. The number of benzene rings is 2. The van der Waals surface area contributed by atoms with Gasteiger partial charge >= 0.3 is 5.97 Å². The van der Waals surface area contributed by atoms with E-state index in [0.717, 1.165) is 3.57 Å². The highest BCUT2D eigenvalue weighted by atomic mass is 127. The molecule has 0 saturated carbocycles. The molecule has 0 bridgehead atoms. The average molecular weight is 382 g/mol. The Bertz CT molecular complexity index is 641. The summed E-state index contributed by atoms with van der Waals surface area (Å²) in [5.41, 5.74) is 0. The van der Waals surface area contributed by atoms with Gasteiger partial charge in [-0.1, -0.05) is 18.2 Å². The third-order valence-corrected chi connectivity index (χ3v) is 3.46. The third-order valence-electron chi connectivity index (χ3n) is 2.79. The van der Waals surface area contributed by atoms with Crippen LogP contribution in [0.4, 0.5) is 0 Å². The molecular weight excluding hydrogens is 371 g/mol. The second-order valence-electron chi connectivity index (χ2n) is 4.24. The van der Waals surface area contributed by atoms with Crippen molar-refractivity contribution in [1.29, 1.82) is 0 Å². The summed E-state index contributed by atoms with van der Waals surface area (Å²) in [6, 6.07) is 14.5. The second-order valence-corrected chi connectivity index (χ2v) is 5.49. The normalized spacial score (nSPS) is 16.6. The maximum absolute atomic E-state index is 12.1. The highest BCUT2D eigenvalue weighted by molar-refractivity contribution is 14.1. The molecule has 0 saturated heterocycles. The van der Waals surface area contributed by atoms with E-state index in [4.69, 9.17) is 14.2 Å². The van der Waals surface area contributed by atoms with E-state index < -0.39 is 12.1 Å². The molecule has 0 aliphatic carbocycles. The van der Waals surface area contributed by atoms with E-state index in [1.165, 1.54) is 0 Å². The molecule has 0 spiro atoms. The molecule has 1 aliphatic rings. The fourth-order valence-electron chi connectivity index (χ4n) is 1.85. The lowest BCUT2D eigenvalue weighted by atomic mass is 10.2. The lowest BCUT2D eigenvalue weighted by molar-refractivity contribution is -0.144. The lowest BCUT2D eigenvalue weighted by Gasteiger charge is -2.24. The Labute approximate surface area is 129 Å². The predicted octanol–water partition coefficient (Wildman–Crippen LogP) is 3.04. The van der Waals surface area contributed by atoms with Gasteiger partial charge in [-0.3, -0.25) is 0 Å². The van der Waals surface area contributed by atoms with Crippen molar-refractivity contribution in [2.45, 2.75) is 6.10 Å². The highest BCUT2D eigenvalue weighted by Crippen LogP contribution is 2.31. The van der Waals surface area contributed by atoms with Crippen molar-refractivity contribution in [3.8, 4) is 17.2 Å². The average Bonchev–Trinajstić information content (AvgIpc) is 2.47. The molecule has 2 aromatic rings. The van der Waals surface area contributed by atoms with Gasteiger partial charge in [0, 0.05) is 3.57 Å². The van der Waals surface area contributed by atoms with Crippen molar-refractivity contribution in [3.63, 3.8) is 0 Å². The molecule has 4 nitrogen and oxygen atoms in total. The van der Waals surface area contributed by atoms with Crippen molar-refractivity contribution < 1.29 is 19.0 Å². The fourth-order valence-corrected chi connectivity index (χ4v) is 2.36. The number of hydrogen-bond acceptors (Lipinski definition) is 4. The number of esters is 1. The van der Waals surface area contributed by atoms with Crippen LogP contribution < -0.4 is 14.2 Å². The van der Waals surface area contributed by atoms with Crippen molar-refractivity contribution in [3.05, 3.63) is 52.1 Å². The second kappa shape index (κ2) is 5.70. The quantitative estimate of drug-likeness (QED) is 0.455. The van der Waals surface area contributed by atoms with Crippen LogP contribution in [0.2, 0.25) is 0 Å². The van der Waals surface area contributed by atoms with Crippen molar-refractivity contribution >= 4 is 28.6 Å². The number of halogens is 1. The Morgan fingerprint density at radius 2 is 1.95 bits per heavy atom. The van der Waals surface area contributed by atoms with E-state index in [1.54, 1.807) is 24.3 Å². The Hall–Kier alpha value is -1.76. The van der Waals surface area contributed by atoms with E-state index in [2.05, 4.69) is 22.6 Å². The Kier molecular flexibility index (Phi) is 3.77. The van der Waals surface area contributed by atoms with Crippen LogP contribution >= 0.6 is 22.6 Å². The van der Waals surface area contributed by atoms with Crippen LogP contribution in [0.15, 0.2) is 48.5 Å². The summed E-state index contributed by atoms with van der Waals surface area (Å²) < 4.78 is 17.4. The molecule has 0 unspecified atom stereocenters. The Morgan fingerprint density at radius 1 is 1.15 bits per heavy atom. The van der Waals surface area contributed by atoms with Gasteiger partial charge in [-0.2, -0.15) is 0 Å². The minimum absolute atomic E-state index is 0.153. The maximum atomic E-state index is 12.1. The zero-order chi connectivity index (χ0) is 13.9. The van der Waals surface area contributed by atoms with Crippen LogP contribution in [0.25, 0.3) is 0 Å². The summed E-state index contributed by atoms with van der Waals surface area (Å²) in [7, 11) is 0. The van der Waals surface area contributed by atoms with Gasteiger partial charge in [0.15, 0.2) is 11.5 Å². The first-order valence-electron chi connectivity index (χ1n) is 6.08. The Morgan fingerprint density at radius 3 is 2.75 bits per heavy atom. The summed E-state index contributed by atoms with van der Waals surface area (Å²) in [4.78, 5) is 12.1. The summed E-state index contributed by atoms with van der Waals surface area (Å²) in [6.45, 7) is 0.153. The predicted molar refractivity (Wildman–Crippen MR) is 81.1 cm³/mol. The summed E-state index contributed by atoms with van der Waals surface area (Å²) in [6.07, 6.45) is -0.747. The monoisotopic (exact) mass is 382 g/mol. The van der Waals surface area contributed by atoms with Gasteiger partial charge in [0.2, 0.25) is 6.10 Å². The van der Waals surface area contributed by atoms with Gasteiger partial charge in [-0.25, -0.2) is 4.79 Å². The molecule has 0 aromatic heterocycles. The number of rotatable bonds is 2. The number of carbonyl (C=O) groups is 1. The lowest BCUT2D eigenvalue weighted by Crippen LogP contribution is -2.39. The smallest absolute Gasteiger partial charge is 0.356 e. The van der Waals surface area contributed by atoms with Crippen LogP contribution in [0.1, 0.15) is 0 Å². The minimum atomic E-state index is -0.747. The van der Waals surface area contributed by atoms with Gasteiger partial charge in [0.05, 0.1) is 0 Å². The van der Waals surface area contributed by atoms with E-state index in [-0.39, 0.29) is 6.61 Å². The van der Waals surface area contributed by atoms with Gasteiger partial charge in [-0.05, 0) is 52.9 Å². The van der Waals surface area contributed by atoms with E-state index in [1.807, 2.05) is 24.3 Å². The number of carbonyl (C=O) groups excluding carboxylic acids is 1. The largest absolute Gasteiger partial charge is 0.485 e.